The molecule has 0 aromatic heterocycles. The van der Waals surface area contributed by atoms with E-state index in [0.717, 1.165) is 18.6 Å². The molecule has 0 aliphatic carbocycles. The molecule has 104 valence electrons. The Kier molecular flexibility index (Phi) is 5.57. The van der Waals surface area contributed by atoms with Gasteiger partial charge in [-0.2, -0.15) is 0 Å². The highest BCUT2D eigenvalue weighted by Crippen LogP contribution is 2.31. The number of non-ortho nitro benzene ring substituents is 1. The summed E-state index contributed by atoms with van der Waals surface area (Å²) in [7, 11) is 0. The van der Waals surface area contributed by atoms with Crippen LogP contribution in [0.25, 0.3) is 0 Å². The van der Waals surface area contributed by atoms with Gasteiger partial charge in [0.15, 0.2) is 0 Å². The van der Waals surface area contributed by atoms with Gasteiger partial charge in [-0.05, 0) is 13.3 Å². The maximum absolute atomic E-state index is 12.3. The highest BCUT2D eigenvalue weighted by atomic mass is 35.5. The molecule has 5 nitrogen and oxygen atoms in total. The van der Waals surface area contributed by atoms with Gasteiger partial charge in [-0.15, -0.1) is 0 Å². The maximum Gasteiger partial charge on any atom is 0.271 e. The largest absolute Gasteiger partial charge is 0.339 e. The first-order chi connectivity index (χ1) is 8.92. The molecule has 0 N–H and O–H groups in total. The van der Waals surface area contributed by atoms with Crippen LogP contribution in [0.4, 0.5) is 5.69 Å². The van der Waals surface area contributed by atoms with Gasteiger partial charge in [0.25, 0.3) is 11.6 Å². The average Bonchev–Trinajstić information content (AvgIpc) is 2.37. The van der Waals surface area contributed by atoms with Crippen LogP contribution in [0.15, 0.2) is 12.1 Å². The van der Waals surface area contributed by atoms with E-state index in [1.807, 2.05) is 13.8 Å². The molecule has 0 saturated carbocycles. The van der Waals surface area contributed by atoms with Gasteiger partial charge in [0, 0.05) is 25.2 Å². The third-order valence-electron chi connectivity index (χ3n) is 2.62. The summed E-state index contributed by atoms with van der Waals surface area (Å²) in [5.74, 6) is -0.347. The minimum Gasteiger partial charge on any atom is -0.339 e. The van der Waals surface area contributed by atoms with Crippen molar-refractivity contribution in [3.8, 4) is 0 Å². The number of rotatable bonds is 5. The number of benzene rings is 1. The number of amides is 1. The number of hydrogen-bond donors (Lipinski definition) is 0. The molecule has 0 heterocycles. The minimum atomic E-state index is -0.602. The Morgan fingerprint density at radius 3 is 2.47 bits per heavy atom. The molecule has 1 rings (SSSR count). The average molecular weight is 305 g/mol. The van der Waals surface area contributed by atoms with Gasteiger partial charge in [-0.1, -0.05) is 30.1 Å². The van der Waals surface area contributed by atoms with Crippen molar-refractivity contribution in [1.29, 1.82) is 0 Å². The lowest BCUT2D eigenvalue weighted by atomic mass is 10.1. The lowest BCUT2D eigenvalue weighted by Crippen LogP contribution is -2.31. The SMILES string of the molecule is CCCN(CC)C(=O)c1cc([N+](=O)[O-])cc(Cl)c1Cl. The first-order valence-corrected chi connectivity index (χ1v) is 6.60. The van der Waals surface area contributed by atoms with E-state index >= 15 is 0 Å². The Morgan fingerprint density at radius 1 is 1.37 bits per heavy atom. The van der Waals surface area contributed by atoms with Crippen molar-refractivity contribution in [1.82, 2.24) is 4.90 Å². The van der Waals surface area contributed by atoms with Crippen molar-refractivity contribution < 1.29 is 9.72 Å². The second-order valence-electron chi connectivity index (χ2n) is 3.93. The molecule has 1 aromatic carbocycles. The second kappa shape index (κ2) is 6.73. The summed E-state index contributed by atoms with van der Waals surface area (Å²) in [6.07, 6.45) is 0.792. The summed E-state index contributed by atoms with van der Waals surface area (Å²) >= 11 is 11.8. The number of halogens is 2. The molecular weight excluding hydrogens is 291 g/mol. The predicted octanol–water partition coefficient (Wildman–Crippen LogP) is 3.77. The van der Waals surface area contributed by atoms with Crippen LogP contribution in [0.3, 0.4) is 0 Å². The number of nitrogens with zero attached hydrogens (tertiary/aromatic N) is 2. The number of carbonyl (C=O) groups excluding carboxylic acids is 1. The van der Waals surface area contributed by atoms with E-state index in [4.69, 9.17) is 23.2 Å². The van der Waals surface area contributed by atoms with Crippen molar-refractivity contribution in [3.63, 3.8) is 0 Å². The fourth-order valence-corrected chi connectivity index (χ4v) is 2.08. The van der Waals surface area contributed by atoms with E-state index < -0.39 is 4.92 Å². The van der Waals surface area contributed by atoms with Crippen LogP contribution in [-0.2, 0) is 0 Å². The van der Waals surface area contributed by atoms with Crippen LogP contribution in [0.1, 0.15) is 30.6 Å². The highest BCUT2D eigenvalue weighted by molar-refractivity contribution is 6.44. The van der Waals surface area contributed by atoms with Gasteiger partial charge in [0.05, 0.1) is 20.5 Å². The molecule has 0 spiro atoms. The molecule has 7 heteroatoms. The highest BCUT2D eigenvalue weighted by Gasteiger charge is 2.22. The third-order valence-corrected chi connectivity index (χ3v) is 3.42. The quantitative estimate of drug-likeness (QED) is 0.614. The molecule has 0 aliphatic rings. The van der Waals surface area contributed by atoms with Gasteiger partial charge in [-0.25, -0.2) is 0 Å². The van der Waals surface area contributed by atoms with Crippen molar-refractivity contribution in [2.75, 3.05) is 13.1 Å². The summed E-state index contributed by atoms with van der Waals surface area (Å²) in [5, 5.41) is 10.8. The second-order valence-corrected chi connectivity index (χ2v) is 4.72. The summed E-state index contributed by atoms with van der Waals surface area (Å²) < 4.78 is 0. The number of carbonyl (C=O) groups is 1. The van der Waals surface area contributed by atoms with Gasteiger partial charge < -0.3 is 4.90 Å². The molecule has 0 bridgehead atoms. The molecule has 1 amide bonds. The molecular formula is C12H14Cl2N2O3. The summed E-state index contributed by atoms with van der Waals surface area (Å²) in [6.45, 7) is 4.84. The van der Waals surface area contributed by atoms with Crippen LogP contribution in [0.2, 0.25) is 10.0 Å². The van der Waals surface area contributed by atoms with Crippen LogP contribution in [-0.4, -0.2) is 28.8 Å². The Bertz CT molecular complexity index is 506. The third kappa shape index (κ3) is 3.58. The van der Waals surface area contributed by atoms with Crippen LogP contribution < -0.4 is 0 Å². The summed E-state index contributed by atoms with van der Waals surface area (Å²) in [4.78, 5) is 24.0. The predicted molar refractivity (Wildman–Crippen MR) is 75.0 cm³/mol. The molecule has 0 radical (unpaired) electrons. The summed E-state index contributed by atoms with van der Waals surface area (Å²) in [5.41, 5.74) is -0.179. The first-order valence-electron chi connectivity index (χ1n) is 5.85. The number of hydrogen-bond acceptors (Lipinski definition) is 3. The Hall–Kier alpha value is -1.33. The monoisotopic (exact) mass is 304 g/mol. The first kappa shape index (κ1) is 15.7. The van der Waals surface area contributed by atoms with Gasteiger partial charge in [0.1, 0.15) is 0 Å². The van der Waals surface area contributed by atoms with Crippen LogP contribution >= 0.6 is 23.2 Å². The lowest BCUT2D eigenvalue weighted by Gasteiger charge is -2.20. The molecule has 0 unspecified atom stereocenters. The zero-order valence-electron chi connectivity index (χ0n) is 10.7. The normalized spacial score (nSPS) is 10.3. The fraction of sp³-hybridized carbons (Fsp3) is 0.417. The Morgan fingerprint density at radius 2 is 2.00 bits per heavy atom. The van der Waals surface area contributed by atoms with Crippen molar-refractivity contribution in [2.24, 2.45) is 0 Å². The smallest absolute Gasteiger partial charge is 0.271 e. The standard InChI is InChI=1S/C12H14Cl2N2O3/c1-3-5-15(4-2)12(17)9-6-8(16(18)19)7-10(13)11(9)14/h6-7H,3-5H2,1-2H3. The van der Waals surface area contributed by atoms with E-state index in [0.29, 0.717) is 13.1 Å². The van der Waals surface area contributed by atoms with E-state index in [2.05, 4.69) is 0 Å². The van der Waals surface area contributed by atoms with Gasteiger partial charge >= 0.3 is 0 Å². The molecule has 0 aliphatic heterocycles. The van der Waals surface area contributed by atoms with E-state index in [-0.39, 0.29) is 27.2 Å². The molecule has 19 heavy (non-hydrogen) atoms. The van der Waals surface area contributed by atoms with Gasteiger partial charge in [-0.3, -0.25) is 14.9 Å². The Labute approximate surface area is 121 Å². The van der Waals surface area contributed by atoms with E-state index in [1.54, 1.807) is 4.90 Å². The van der Waals surface area contributed by atoms with Crippen molar-refractivity contribution in [2.45, 2.75) is 20.3 Å². The number of nitro groups is 1. The zero-order valence-corrected chi connectivity index (χ0v) is 12.2. The van der Waals surface area contributed by atoms with Crippen molar-refractivity contribution in [3.05, 3.63) is 37.9 Å². The molecule has 1 aromatic rings. The van der Waals surface area contributed by atoms with Crippen LogP contribution in [0.5, 0.6) is 0 Å². The van der Waals surface area contributed by atoms with Gasteiger partial charge in [0.2, 0.25) is 0 Å². The van der Waals surface area contributed by atoms with Crippen molar-refractivity contribution >= 4 is 34.8 Å². The zero-order chi connectivity index (χ0) is 14.6. The Balaban J connectivity index is 3.25. The minimum absolute atomic E-state index is 0.00627. The summed E-state index contributed by atoms with van der Waals surface area (Å²) in [6, 6.07) is 2.30. The molecule has 0 fully saturated rings. The van der Waals surface area contributed by atoms with Crippen LogP contribution in [0, 0.1) is 10.1 Å². The lowest BCUT2D eigenvalue weighted by molar-refractivity contribution is -0.384. The van der Waals surface area contributed by atoms with E-state index in [9.17, 15) is 14.9 Å². The molecule has 0 saturated heterocycles. The molecule has 0 atom stereocenters. The maximum atomic E-state index is 12.3. The van der Waals surface area contributed by atoms with E-state index in [1.165, 1.54) is 0 Å². The fourth-order valence-electron chi connectivity index (χ4n) is 1.68. The topological polar surface area (TPSA) is 63.5 Å². The number of nitro benzene ring substituents is 1.